The zero-order chi connectivity index (χ0) is 19.4. The Morgan fingerprint density at radius 2 is 1.78 bits per heavy atom. The number of nitrogens with zero attached hydrogens (tertiary/aromatic N) is 1. The zero-order valence-electron chi connectivity index (χ0n) is 15.2. The highest BCUT2D eigenvalue weighted by Gasteiger charge is 2.24. The van der Waals surface area contributed by atoms with Crippen LogP contribution in [0.15, 0.2) is 47.0 Å². The molecule has 0 saturated carbocycles. The number of hydrogen-bond donors (Lipinski definition) is 1. The molecule has 0 aliphatic carbocycles. The molecule has 0 spiro atoms. The van der Waals surface area contributed by atoms with Gasteiger partial charge in [-0.1, -0.05) is 59.9 Å². The van der Waals surface area contributed by atoms with Gasteiger partial charge in [0.25, 0.3) is 5.91 Å². The van der Waals surface area contributed by atoms with Gasteiger partial charge in [-0.3, -0.25) is 4.79 Å². The summed E-state index contributed by atoms with van der Waals surface area (Å²) in [4.78, 5) is 12.9. The first kappa shape index (κ1) is 19.5. The van der Waals surface area contributed by atoms with Gasteiger partial charge < -0.3 is 9.84 Å². The van der Waals surface area contributed by atoms with Crippen LogP contribution in [-0.2, 0) is 6.42 Å². The molecular weight excluding hydrogens is 383 g/mol. The maximum Gasteiger partial charge on any atom is 0.261 e. The number of aryl methyl sites for hydroxylation is 2. The van der Waals surface area contributed by atoms with Gasteiger partial charge in [0.15, 0.2) is 0 Å². The number of unbranched alkanes of at least 4 members (excludes halogenated alkanes) is 1. The van der Waals surface area contributed by atoms with Crippen LogP contribution in [0.25, 0.3) is 11.3 Å². The fourth-order valence-electron chi connectivity index (χ4n) is 2.86. The lowest BCUT2D eigenvalue weighted by atomic mass is 10.0. The van der Waals surface area contributed by atoms with Crippen molar-refractivity contribution in [2.24, 2.45) is 0 Å². The molecule has 0 fully saturated rings. The lowest BCUT2D eigenvalue weighted by Gasteiger charge is -2.08. The molecule has 0 bridgehead atoms. The summed E-state index contributed by atoms with van der Waals surface area (Å²) >= 11 is 12.5. The topological polar surface area (TPSA) is 55.1 Å². The van der Waals surface area contributed by atoms with Gasteiger partial charge in [-0.2, -0.15) is 0 Å². The number of halogens is 2. The van der Waals surface area contributed by atoms with Crippen molar-refractivity contribution in [3.8, 4) is 11.3 Å². The van der Waals surface area contributed by atoms with Crippen LogP contribution >= 0.6 is 23.2 Å². The van der Waals surface area contributed by atoms with Crippen LogP contribution < -0.4 is 5.32 Å². The monoisotopic (exact) mass is 402 g/mol. The number of hydrogen-bond acceptors (Lipinski definition) is 3. The second-order valence-corrected chi connectivity index (χ2v) is 7.13. The molecule has 0 radical (unpaired) electrons. The molecule has 27 heavy (non-hydrogen) atoms. The Kier molecular flexibility index (Phi) is 6.19. The maximum atomic E-state index is 12.9. The Labute approximate surface area is 168 Å². The van der Waals surface area contributed by atoms with E-state index in [1.807, 2.05) is 24.3 Å². The standard InChI is InChI=1S/C21H20Cl2N2O2/c1-3-4-6-14-9-11-15(12-10-14)24-21(26)18-13(2)27-25-20(18)19-16(22)7-5-8-17(19)23/h5,7-12H,3-4,6H2,1-2H3,(H,24,26). The van der Waals surface area contributed by atoms with Crippen molar-refractivity contribution in [2.45, 2.75) is 33.1 Å². The van der Waals surface area contributed by atoms with Gasteiger partial charge in [-0.15, -0.1) is 0 Å². The molecule has 1 heterocycles. The summed E-state index contributed by atoms with van der Waals surface area (Å²) in [6.45, 7) is 3.85. The average molecular weight is 403 g/mol. The number of amides is 1. The Bertz CT molecular complexity index is 929. The van der Waals surface area contributed by atoms with Crippen LogP contribution in [0.3, 0.4) is 0 Å². The summed E-state index contributed by atoms with van der Waals surface area (Å²) in [5.41, 5.74) is 3.09. The molecule has 0 saturated heterocycles. The highest BCUT2D eigenvalue weighted by molar-refractivity contribution is 6.39. The molecule has 3 rings (SSSR count). The van der Waals surface area contributed by atoms with Crippen molar-refractivity contribution in [2.75, 3.05) is 5.32 Å². The predicted octanol–water partition coefficient (Wildman–Crippen LogP) is 6.55. The largest absolute Gasteiger partial charge is 0.360 e. The summed E-state index contributed by atoms with van der Waals surface area (Å²) in [5, 5.41) is 7.72. The summed E-state index contributed by atoms with van der Waals surface area (Å²) in [7, 11) is 0. The van der Waals surface area contributed by atoms with Crippen molar-refractivity contribution < 1.29 is 9.32 Å². The van der Waals surface area contributed by atoms with E-state index >= 15 is 0 Å². The number of nitrogens with one attached hydrogen (secondary N) is 1. The molecule has 3 aromatic rings. The molecule has 0 unspecified atom stereocenters. The minimum Gasteiger partial charge on any atom is -0.360 e. The number of carbonyl (C=O) groups is 1. The molecule has 4 nitrogen and oxygen atoms in total. The van der Waals surface area contributed by atoms with Crippen molar-refractivity contribution in [3.63, 3.8) is 0 Å². The number of anilines is 1. The van der Waals surface area contributed by atoms with E-state index in [-0.39, 0.29) is 5.91 Å². The van der Waals surface area contributed by atoms with Crippen LogP contribution in [0.5, 0.6) is 0 Å². The van der Waals surface area contributed by atoms with Gasteiger partial charge >= 0.3 is 0 Å². The first-order valence-corrected chi connectivity index (χ1v) is 9.57. The van der Waals surface area contributed by atoms with Crippen molar-refractivity contribution in [1.82, 2.24) is 5.16 Å². The minimum atomic E-state index is -0.318. The van der Waals surface area contributed by atoms with E-state index in [0.29, 0.717) is 38.3 Å². The molecule has 0 atom stereocenters. The highest BCUT2D eigenvalue weighted by Crippen LogP contribution is 2.37. The van der Waals surface area contributed by atoms with Crippen LogP contribution in [0.2, 0.25) is 10.0 Å². The third kappa shape index (κ3) is 4.34. The molecule has 1 amide bonds. The molecule has 1 aromatic heterocycles. The summed E-state index contributed by atoms with van der Waals surface area (Å²) in [6.07, 6.45) is 3.33. The number of benzene rings is 2. The minimum absolute atomic E-state index is 0.318. The second kappa shape index (κ2) is 8.59. The van der Waals surface area contributed by atoms with Gasteiger partial charge in [-0.25, -0.2) is 0 Å². The van der Waals surface area contributed by atoms with Crippen LogP contribution in [-0.4, -0.2) is 11.1 Å². The smallest absolute Gasteiger partial charge is 0.261 e. The van der Waals surface area contributed by atoms with Crippen molar-refractivity contribution in [1.29, 1.82) is 0 Å². The fraction of sp³-hybridized carbons (Fsp3) is 0.238. The first-order valence-electron chi connectivity index (χ1n) is 8.82. The number of aromatic nitrogens is 1. The predicted molar refractivity (Wildman–Crippen MR) is 110 cm³/mol. The number of carbonyl (C=O) groups excluding carboxylic acids is 1. The zero-order valence-corrected chi connectivity index (χ0v) is 16.7. The quantitative estimate of drug-likeness (QED) is 0.508. The van der Waals surface area contributed by atoms with Gasteiger partial charge in [0.05, 0.1) is 10.0 Å². The number of rotatable bonds is 6. The Morgan fingerprint density at radius 3 is 2.41 bits per heavy atom. The lowest BCUT2D eigenvalue weighted by Crippen LogP contribution is -2.13. The third-order valence-corrected chi connectivity index (χ3v) is 4.95. The maximum absolute atomic E-state index is 12.9. The van der Waals surface area contributed by atoms with E-state index in [4.69, 9.17) is 27.7 Å². The van der Waals surface area contributed by atoms with E-state index in [0.717, 1.165) is 19.3 Å². The van der Waals surface area contributed by atoms with Crippen LogP contribution in [0, 0.1) is 6.92 Å². The first-order chi connectivity index (χ1) is 13.0. The Morgan fingerprint density at radius 1 is 1.11 bits per heavy atom. The van der Waals surface area contributed by atoms with Crippen LogP contribution in [0.4, 0.5) is 5.69 Å². The van der Waals surface area contributed by atoms with E-state index < -0.39 is 0 Å². The summed E-state index contributed by atoms with van der Waals surface area (Å²) < 4.78 is 5.25. The average Bonchev–Trinajstić information content (AvgIpc) is 3.02. The Hall–Kier alpha value is -2.30. The van der Waals surface area contributed by atoms with Crippen LogP contribution in [0.1, 0.15) is 41.4 Å². The fourth-order valence-corrected chi connectivity index (χ4v) is 3.44. The second-order valence-electron chi connectivity index (χ2n) is 6.31. The van der Waals surface area contributed by atoms with Gasteiger partial charge in [-0.05, 0) is 49.6 Å². The summed E-state index contributed by atoms with van der Waals surface area (Å²) in [6, 6.07) is 13.0. The molecule has 1 N–H and O–H groups in total. The molecule has 2 aromatic carbocycles. The molecule has 6 heteroatoms. The normalized spacial score (nSPS) is 10.8. The van der Waals surface area contributed by atoms with Gasteiger partial charge in [0, 0.05) is 11.3 Å². The molecule has 0 aliphatic heterocycles. The molecular formula is C21H20Cl2N2O2. The van der Waals surface area contributed by atoms with Crippen molar-refractivity contribution >= 4 is 34.8 Å². The van der Waals surface area contributed by atoms with E-state index in [1.165, 1.54) is 5.56 Å². The molecule has 0 aliphatic rings. The lowest BCUT2D eigenvalue weighted by molar-refractivity contribution is 0.102. The third-order valence-electron chi connectivity index (χ3n) is 4.32. The SMILES string of the molecule is CCCCc1ccc(NC(=O)c2c(-c3c(Cl)cccc3Cl)noc2C)cc1. The Balaban J connectivity index is 1.87. The molecule has 140 valence electrons. The van der Waals surface area contributed by atoms with E-state index in [1.54, 1.807) is 25.1 Å². The van der Waals surface area contributed by atoms with Gasteiger partial charge in [0.1, 0.15) is 17.0 Å². The van der Waals surface area contributed by atoms with E-state index in [2.05, 4.69) is 17.4 Å². The summed E-state index contributed by atoms with van der Waals surface area (Å²) in [5.74, 6) is 0.0825. The van der Waals surface area contributed by atoms with E-state index in [9.17, 15) is 4.79 Å². The highest BCUT2D eigenvalue weighted by atomic mass is 35.5. The van der Waals surface area contributed by atoms with Crippen molar-refractivity contribution in [3.05, 3.63) is 69.4 Å². The van der Waals surface area contributed by atoms with Gasteiger partial charge in [0.2, 0.25) is 0 Å².